The molecule has 6 nitrogen and oxygen atoms in total. The molecule has 1 N–H and O–H groups in total. The Balaban J connectivity index is 3.53. The molecule has 0 spiro atoms. The normalized spacial score (nSPS) is 11.6. The first-order chi connectivity index (χ1) is 8.72. The molecule has 19 heavy (non-hydrogen) atoms. The molecular weight excluding hydrogens is 336 g/mol. The van der Waals surface area contributed by atoms with Crippen LogP contribution in [0.3, 0.4) is 0 Å². The van der Waals surface area contributed by atoms with E-state index in [4.69, 9.17) is 0 Å². The van der Waals surface area contributed by atoms with Gasteiger partial charge in [0.25, 0.3) is 5.69 Å². The molecule has 8 heteroatoms. The van der Waals surface area contributed by atoms with E-state index >= 15 is 0 Å². The molecule has 0 unspecified atom stereocenters. The van der Waals surface area contributed by atoms with Gasteiger partial charge in [-0.1, -0.05) is 15.9 Å². The van der Waals surface area contributed by atoms with Gasteiger partial charge in [0.1, 0.15) is 0 Å². The van der Waals surface area contributed by atoms with Gasteiger partial charge in [0.15, 0.2) is 0 Å². The Hall–Kier alpha value is -0.990. The lowest BCUT2D eigenvalue weighted by molar-refractivity contribution is -0.386. The van der Waals surface area contributed by atoms with Crippen LogP contribution in [-0.2, 0) is 10.0 Å². The molecule has 0 atom stereocenters. The Labute approximate surface area is 120 Å². The highest BCUT2D eigenvalue weighted by molar-refractivity contribution is 9.09. The highest BCUT2D eigenvalue weighted by atomic mass is 79.9. The van der Waals surface area contributed by atoms with Gasteiger partial charge >= 0.3 is 0 Å². The van der Waals surface area contributed by atoms with E-state index in [1.54, 1.807) is 13.8 Å². The van der Waals surface area contributed by atoms with Crippen molar-refractivity contribution in [3.05, 3.63) is 32.9 Å². The number of nitrogens with zero attached hydrogens (tertiary/aromatic N) is 1. The second kappa shape index (κ2) is 5.98. The van der Waals surface area contributed by atoms with Gasteiger partial charge < -0.3 is 0 Å². The molecule has 0 saturated carbocycles. The van der Waals surface area contributed by atoms with Crippen LogP contribution in [0.15, 0.2) is 11.0 Å². The van der Waals surface area contributed by atoms with Gasteiger partial charge in [0, 0.05) is 23.0 Å². The highest BCUT2D eigenvalue weighted by Gasteiger charge is 2.27. The lowest BCUT2D eigenvalue weighted by atomic mass is 10.1. The van der Waals surface area contributed by atoms with Crippen LogP contribution in [0, 0.1) is 30.9 Å². The van der Waals surface area contributed by atoms with Crippen molar-refractivity contribution in [2.75, 3.05) is 11.9 Å². The number of halogens is 1. The topological polar surface area (TPSA) is 89.3 Å². The number of benzene rings is 1. The van der Waals surface area contributed by atoms with Crippen LogP contribution in [0.25, 0.3) is 0 Å². The van der Waals surface area contributed by atoms with Crippen molar-refractivity contribution in [3.63, 3.8) is 0 Å². The number of nitro groups is 1. The zero-order chi connectivity index (χ0) is 14.8. The summed E-state index contributed by atoms with van der Waals surface area (Å²) in [6.07, 6.45) is 0. The lowest BCUT2D eigenvalue weighted by Gasteiger charge is -2.13. The summed E-state index contributed by atoms with van der Waals surface area (Å²) in [5, 5.41) is 11.5. The summed E-state index contributed by atoms with van der Waals surface area (Å²) >= 11 is 3.13. The van der Waals surface area contributed by atoms with Crippen LogP contribution >= 0.6 is 15.9 Å². The predicted molar refractivity (Wildman–Crippen MR) is 76.3 cm³/mol. The molecule has 1 aromatic rings. The van der Waals surface area contributed by atoms with E-state index in [0.29, 0.717) is 16.5 Å². The fourth-order valence-electron chi connectivity index (χ4n) is 2.10. The number of nitrogens with one attached hydrogen (secondary N) is 1. The Morgan fingerprint density at radius 1 is 1.32 bits per heavy atom. The molecule has 1 rings (SSSR count). The third-order valence-corrected chi connectivity index (χ3v) is 4.84. The van der Waals surface area contributed by atoms with Crippen molar-refractivity contribution in [2.45, 2.75) is 25.7 Å². The molecule has 0 aliphatic heterocycles. The van der Waals surface area contributed by atoms with Crippen molar-refractivity contribution >= 4 is 31.6 Å². The third-order valence-electron chi connectivity index (χ3n) is 2.70. The molecular formula is C11H15BrN2O4S. The average Bonchev–Trinajstić information content (AvgIpc) is 2.24. The minimum absolute atomic E-state index is 0.00856. The van der Waals surface area contributed by atoms with Gasteiger partial charge in [-0.05, 0) is 32.4 Å². The summed E-state index contributed by atoms with van der Waals surface area (Å²) < 4.78 is 26.7. The van der Waals surface area contributed by atoms with Crippen LogP contribution in [-0.4, -0.2) is 25.2 Å². The van der Waals surface area contributed by atoms with E-state index in [0.717, 1.165) is 0 Å². The van der Waals surface area contributed by atoms with Crippen LogP contribution in [0.4, 0.5) is 5.69 Å². The number of alkyl halides is 1. The molecule has 0 amide bonds. The number of aryl methyl sites for hydroxylation is 2. The molecule has 0 fully saturated rings. The van der Waals surface area contributed by atoms with Gasteiger partial charge in [-0.25, -0.2) is 13.1 Å². The minimum atomic E-state index is -3.74. The van der Waals surface area contributed by atoms with Crippen LogP contribution in [0.5, 0.6) is 0 Å². The maximum atomic E-state index is 12.2. The van der Waals surface area contributed by atoms with Crippen LogP contribution in [0.2, 0.25) is 0 Å². The fraction of sp³-hybridized carbons (Fsp3) is 0.455. The first kappa shape index (κ1) is 16.1. The fourth-order valence-corrected chi connectivity index (χ4v) is 4.06. The standard InChI is InChI=1S/C11H15BrN2O4S/c1-7-6-8(2)11(9(3)10(7)14(15)16)19(17,18)13-5-4-12/h6,13H,4-5H2,1-3H3. The largest absolute Gasteiger partial charge is 0.276 e. The van der Waals surface area contributed by atoms with Gasteiger partial charge in [0.05, 0.1) is 9.82 Å². The van der Waals surface area contributed by atoms with E-state index in [1.165, 1.54) is 13.0 Å². The third kappa shape index (κ3) is 3.31. The SMILES string of the molecule is Cc1cc(C)c(S(=O)(=O)NCCBr)c(C)c1[N+](=O)[O-]. The molecule has 0 bridgehead atoms. The second-order valence-electron chi connectivity index (χ2n) is 4.16. The molecule has 0 saturated heterocycles. The lowest BCUT2D eigenvalue weighted by Crippen LogP contribution is -2.27. The molecule has 1 aromatic carbocycles. The number of sulfonamides is 1. The Bertz CT molecular complexity index is 614. The Morgan fingerprint density at radius 3 is 2.37 bits per heavy atom. The average molecular weight is 351 g/mol. The smallest absolute Gasteiger partial charge is 0.258 e. The molecule has 106 valence electrons. The van der Waals surface area contributed by atoms with E-state index < -0.39 is 14.9 Å². The zero-order valence-corrected chi connectivity index (χ0v) is 13.3. The van der Waals surface area contributed by atoms with Crippen LogP contribution < -0.4 is 4.72 Å². The Kier molecular flexibility index (Phi) is 5.05. The summed E-state index contributed by atoms with van der Waals surface area (Å²) in [6, 6.07) is 1.52. The summed E-state index contributed by atoms with van der Waals surface area (Å²) in [7, 11) is -3.74. The summed E-state index contributed by atoms with van der Waals surface area (Å²) in [5.74, 6) is 0. The predicted octanol–water partition coefficient (Wildman–Crippen LogP) is 2.19. The second-order valence-corrected chi connectivity index (χ2v) is 6.65. The Morgan fingerprint density at radius 2 is 1.89 bits per heavy atom. The van der Waals surface area contributed by atoms with Crippen LogP contribution in [0.1, 0.15) is 16.7 Å². The van der Waals surface area contributed by atoms with Crippen molar-refractivity contribution in [2.24, 2.45) is 0 Å². The molecule has 0 aliphatic rings. The van der Waals surface area contributed by atoms with Crippen molar-refractivity contribution < 1.29 is 13.3 Å². The summed E-state index contributed by atoms with van der Waals surface area (Å²) in [6.45, 7) is 4.91. The number of hydrogen-bond acceptors (Lipinski definition) is 4. The minimum Gasteiger partial charge on any atom is -0.258 e. The summed E-state index contributed by atoms with van der Waals surface area (Å²) in [4.78, 5) is 10.5. The van der Waals surface area contributed by atoms with Gasteiger partial charge in [0.2, 0.25) is 10.0 Å². The highest BCUT2D eigenvalue weighted by Crippen LogP contribution is 2.31. The molecule has 0 aliphatic carbocycles. The first-order valence-corrected chi connectivity index (χ1v) is 8.13. The van der Waals surface area contributed by atoms with E-state index in [-0.39, 0.29) is 22.7 Å². The van der Waals surface area contributed by atoms with Gasteiger partial charge in [-0.2, -0.15) is 0 Å². The van der Waals surface area contributed by atoms with E-state index in [1.807, 2.05) is 0 Å². The van der Waals surface area contributed by atoms with Crippen molar-refractivity contribution in [1.29, 1.82) is 0 Å². The van der Waals surface area contributed by atoms with E-state index in [2.05, 4.69) is 20.7 Å². The maximum Gasteiger partial charge on any atom is 0.276 e. The molecule has 0 heterocycles. The van der Waals surface area contributed by atoms with Crippen molar-refractivity contribution in [1.82, 2.24) is 4.72 Å². The monoisotopic (exact) mass is 350 g/mol. The number of hydrogen-bond donors (Lipinski definition) is 1. The number of rotatable bonds is 5. The van der Waals surface area contributed by atoms with E-state index in [9.17, 15) is 18.5 Å². The quantitative estimate of drug-likeness (QED) is 0.500. The summed E-state index contributed by atoms with van der Waals surface area (Å²) in [5.41, 5.74) is 0.983. The van der Waals surface area contributed by atoms with Gasteiger partial charge in [-0.15, -0.1) is 0 Å². The van der Waals surface area contributed by atoms with Crippen molar-refractivity contribution in [3.8, 4) is 0 Å². The molecule has 0 radical (unpaired) electrons. The van der Waals surface area contributed by atoms with Gasteiger partial charge in [-0.3, -0.25) is 10.1 Å². The zero-order valence-electron chi connectivity index (χ0n) is 10.9. The first-order valence-electron chi connectivity index (χ1n) is 5.53. The number of nitro benzene ring substituents is 1. The maximum absolute atomic E-state index is 12.2. The molecule has 0 aromatic heterocycles.